The maximum Gasteiger partial charge on any atom is 0.271 e. The van der Waals surface area contributed by atoms with Gasteiger partial charge in [0.15, 0.2) is 4.34 Å². The normalized spacial score (nSPS) is 11.3. The molecule has 0 unspecified atom stereocenters. The molecule has 4 aromatic rings. The Bertz CT molecular complexity index is 1190. The average molecular weight is 472 g/mol. The number of hydrogen-bond acceptors (Lipinski definition) is 5. The lowest BCUT2D eigenvalue weighted by molar-refractivity contribution is 0.0955. The number of benzene rings is 3. The zero-order valence-electron chi connectivity index (χ0n) is 15.5. The van der Waals surface area contributed by atoms with E-state index in [9.17, 15) is 4.79 Å². The summed E-state index contributed by atoms with van der Waals surface area (Å²) < 4.78 is 2.22. The number of nitrogens with zero attached hydrogens (tertiary/aromatic N) is 2. The summed E-state index contributed by atoms with van der Waals surface area (Å²) in [5, 5.41) is 4.98. The second-order valence-corrected chi connectivity index (χ2v) is 9.39. The highest BCUT2D eigenvalue weighted by Gasteiger charge is 2.07. The number of fused-ring (bicyclic) bond motifs is 1. The molecule has 0 aliphatic rings. The first-order chi connectivity index (χ1) is 14.6. The van der Waals surface area contributed by atoms with Gasteiger partial charge in [0.2, 0.25) is 0 Å². The largest absolute Gasteiger partial charge is 0.271 e. The first-order valence-corrected chi connectivity index (χ1v) is 11.5. The van der Waals surface area contributed by atoms with Crippen LogP contribution in [0.15, 0.2) is 76.2 Å². The van der Waals surface area contributed by atoms with E-state index in [1.54, 1.807) is 53.4 Å². The van der Waals surface area contributed by atoms with Crippen molar-refractivity contribution < 1.29 is 4.79 Å². The fourth-order valence-electron chi connectivity index (χ4n) is 2.64. The molecule has 0 aliphatic heterocycles. The van der Waals surface area contributed by atoms with E-state index >= 15 is 0 Å². The van der Waals surface area contributed by atoms with Gasteiger partial charge in [-0.25, -0.2) is 10.4 Å². The van der Waals surface area contributed by atoms with E-state index in [4.69, 9.17) is 23.2 Å². The number of aromatic nitrogens is 1. The third-order valence-corrected chi connectivity index (χ3v) is 7.00. The molecule has 3 aromatic carbocycles. The van der Waals surface area contributed by atoms with Crippen LogP contribution in [0.2, 0.25) is 10.0 Å². The molecular formula is C22H15Cl2N3OS2. The molecule has 0 fully saturated rings. The van der Waals surface area contributed by atoms with Crippen LogP contribution in [0.5, 0.6) is 0 Å². The molecule has 4 nitrogen and oxygen atoms in total. The van der Waals surface area contributed by atoms with E-state index in [-0.39, 0.29) is 5.91 Å². The Morgan fingerprint density at radius 2 is 1.90 bits per heavy atom. The van der Waals surface area contributed by atoms with E-state index in [2.05, 4.69) is 21.6 Å². The lowest BCUT2D eigenvalue weighted by atomic mass is 10.1. The fourth-order valence-corrected chi connectivity index (χ4v) is 5.12. The van der Waals surface area contributed by atoms with Gasteiger partial charge in [-0.3, -0.25) is 4.79 Å². The molecule has 0 radical (unpaired) electrons. The van der Waals surface area contributed by atoms with Gasteiger partial charge in [0.1, 0.15) is 0 Å². The Morgan fingerprint density at radius 1 is 1.10 bits per heavy atom. The number of thioether (sulfide) groups is 1. The number of halogens is 2. The van der Waals surface area contributed by atoms with Crippen LogP contribution in [-0.2, 0) is 5.75 Å². The summed E-state index contributed by atoms with van der Waals surface area (Å²) in [6.07, 6.45) is 1.49. The van der Waals surface area contributed by atoms with Crippen LogP contribution in [0.4, 0.5) is 0 Å². The summed E-state index contributed by atoms with van der Waals surface area (Å²) in [7, 11) is 0. The SMILES string of the molecule is O=C(N/N=C/c1ccc(Cl)cc1Cl)c1ccc(CSc2nc3ccccc3s2)cc1. The minimum atomic E-state index is -0.290. The number of carbonyl (C=O) groups excluding carboxylic acids is 1. The number of hydrazone groups is 1. The molecule has 1 heterocycles. The van der Waals surface area contributed by atoms with Crippen molar-refractivity contribution in [2.45, 2.75) is 10.1 Å². The number of thiazole rings is 1. The molecule has 0 bridgehead atoms. The van der Waals surface area contributed by atoms with E-state index in [1.165, 1.54) is 10.9 Å². The predicted octanol–water partition coefficient (Wildman–Crippen LogP) is 6.66. The molecule has 8 heteroatoms. The summed E-state index contributed by atoms with van der Waals surface area (Å²) in [6, 6.07) is 20.6. The monoisotopic (exact) mass is 471 g/mol. The molecule has 0 aliphatic carbocycles. The topological polar surface area (TPSA) is 54.4 Å². The molecule has 1 aromatic heterocycles. The summed E-state index contributed by atoms with van der Waals surface area (Å²) >= 11 is 15.3. The van der Waals surface area contributed by atoms with Crippen molar-refractivity contribution in [1.29, 1.82) is 0 Å². The zero-order chi connectivity index (χ0) is 20.9. The molecule has 1 N–H and O–H groups in total. The Hall–Kier alpha value is -2.38. The third kappa shape index (κ3) is 5.21. The first kappa shape index (κ1) is 20.9. The van der Waals surface area contributed by atoms with Crippen LogP contribution < -0.4 is 5.43 Å². The highest BCUT2D eigenvalue weighted by molar-refractivity contribution is 8.00. The van der Waals surface area contributed by atoms with Crippen molar-refractivity contribution in [2.24, 2.45) is 5.10 Å². The molecule has 30 heavy (non-hydrogen) atoms. The Morgan fingerprint density at radius 3 is 2.67 bits per heavy atom. The van der Waals surface area contributed by atoms with Gasteiger partial charge < -0.3 is 0 Å². The summed E-state index contributed by atoms with van der Waals surface area (Å²) in [5.74, 6) is 0.497. The number of rotatable bonds is 6. The van der Waals surface area contributed by atoms with Crippen molar-refractivity contribution in [1.82, 2.24) is 10.4 Å². The van der Waals surface area contributed by atoms with Crippen LogP contribution in [0.25, 0.3) is 10.2 Å². The van der Waals surface area contributed by atoms with Gasteiger partial charge in [-0.2, -0.15) is 5.10 Å². The van der Waals surface area contributed by atoms with Gasteiger partial charge in [0.05, 0.1) is 21.5 Å². The van der Waals surface area contributed by atoms with Crippen LogP contribution in [-0.4, -0.2) is 17.1 Å². The molecule has 0 atom stereocenters. The second kappa shape index (κ2) is 9.62. The van der Waals surface area contributed by atoms with E-state index in [0.717, 1.165) is 21.2 Å². The minimum absolute atomic E-state index is 0.290. The molecule has 150 valence electrons. The minimum Gasteiger partial charge on any atom is -0.267 e. The van der Waals surface area contributed by atoms with Gasteiger partial charge in [-0.05, 0) is 42.0 Å². The van der Waals surface area contributed by atoms with Gasteiger partial charge in [-0.15, -0.1) is 11.3 Å². The summed E-state index contributed by atoms with van der Waals surface area (Å²) in [5.41, 5.74) is 5.85. The highest BCUT2D eigenvalue weighted by atomic mass is 35.5. The number of hydrogen-bond donors (Lipinski definition) is 1. The molecule has 1 amide bonds. The van der Waals surface area contributed by atoms with Gasteiger partial charge >= 0.3 is 0 Å². The zero-order valence-corrected chi connectivity index (χ0v) is 18.7. The lowest BCUT2D eigenvalue weighted by Gasteiger charge is -2.03. The molecule has 0 spiro atoms. The van der Waals surface area contributed by atoms with Crippen LogP contribution in [0, 0.1) is 0 Å². The predicted molar refractivity (Wildman–Crippen MR) is 127 cm³/mol. The number of nitrogens with one attached hydrogen (secondary N) is 1. The van der Waals surface area contributed by atoms with Crippen LogP contribution >= 0.6 is 46.3 Å². The van der Waals surface area contributed by atoms with Gasteiger partial charge in [0.25, 0.3) is 5.91 Å². The Balaban J connectivity index is 1.33. The summed E-state index contributed by atoms with van der Waals surface area (Å²) in [6.45, 7) is 0. The van der Waals surface area contributed by atoms with Crippen molar-refractivity contribution >= 4 is 68.6 Å². The van der Waals surface area contributed by atoms with Crippen molar-refractivity contribution in [2.75, 3.05) is 0 Å². The quantitative estimate of drug-likeness (QED) is 0.194. The van der Waals surface area contributed by atoms with Crippen molar-refractivity contribution in [3.63, 3.8) is 0 Å². The first-order valence-electron chi connectivity index (χ1n) is 8.94. The molecule has 4 rings (SSSR count). The van der Waals surface area contributed by atoms with Gasteiger partial charge in [0, 0.05) is 21.9 Å². The number of carbonyl (C=O) groups is 1. The Labute approximate surface area is 191 Å². The van der Waals surface area contributed by atoms with Gasteiger partial charge in [-0.1, -0.05) is 65.3 Å². The summed E-state index contributed by atoms with van der Waals surface area (Å²) in [4.78, 5) is 16.9. The van der Waals surface area contributed by atoms with Crippen LogP contribution in [0.3, 0.4) is 0 Å². The number of para-hydroxylation sites is 1. The fraction of sp³-hybridized carbons (Fsp3) is 0.0455. The van der Waals surface area contributed by atoms with E-state index < -0.39 is 0 Å². The Kier molecular flexibility index (Phi) is 6.69. The smallest absolute Gasteiger partial charge is 0.267 e. The van der Waals surface area contributed by atoms with Crippen molar-refractivity contribution in [3.05, 3.63) is 93.5 Å². The molecular weight excluding hydrogens is 457 g/mol. The highest BCUT2D eigenvalue weighted by Crippen LogP contribution is 2.31. The maximum absolute atomic E-state index is 12.3. The number of amides is 1. The van der Waals surface area contributed by atoms with Crippen molar-refractivity contribution in [3.8, 4) is 0 Å². The molecule has 0 saturated carbocycles. The van der Waals surface area contributed by atoms with E-state index in [0.29, 0.717) is 21.2 Å². The second-order valence-electron chi connectivity index (χ2n) is 6.30. The lowest BCUT2D eigenvalue weighted by Crippen LogP contribution is -2.17. The standard InChI is InChI=1S/C22H15Cl2N3OS2/c23-17-10-9-16(18(24)11-17)12-25-27-21(28)15-7-5-14(6-8-15)13-29-22-26-19-3-1-2-4-20(19)30-22/h1-12H,13H2,(H,27,28)/b25-12+. The van der Waals surface area contributed by atoms with E-state index in [1.807, 2.05) is 30.3 Å². The maximum atomic E-state index is 12.3. The molecule has 0 saturated heterocycles. The third-order valence-electron chi connectivity index (χ3n) is 4.18. The van der Waals surface area contributed by atoms with Crippen LogP contribution in [0.1, 0.15) is 21.5 Å². The average Bonchev–Trinajstić information content (AvgIpc) is 3.17.